The summed E-state index contributed by atoms with van der Waals surface area (Å²) < 4.78 is 1.79. The zero-order valence-electron chi connectivity index (χ0n) is 36.0. The maximum atomic E-state index is 13.4. The number of carbonyl (C=O) groups is 5. The molecule has 10 rings (SSSR count). The second-order valence-corrected chi connectivity index (χ2v) is 18.0. The summed E-state index contributed by atoms with van der Waals surface area (Å²) in [5.41, 5.74) is 4.50. The lowest BCUT2D eigenvalue weighted by Gasteiger charge is -2.40. The van der Waals surface area contributed by atoms with E-state index in [1.54, 1.807) is 22.9 Å². The fraction of sp³-hybridized carbons (Fsp3) is 0.500. The number of benzene rings is 2. The van der Waals surface area contributed by atoms with Crippen molar-refractivity contribution in [2.75, 3.05) is 93.7 Å². The lowest BCUT2D eigenvalue weighted by atomic mass is 9.95. The first-order valence-corrected chi connectivity index (χ1v) is 22.8. The molecule has 4 saturated heterocycles. The monoisotopic (exact) mass is 870 g/mol. The Balaban J connectivity index is 0.645. The minimum Gasteiger partial charge on any atom is -0.369 e. The number of imide groups is 2. The van der Waals surface area contributed by atoms with Crippen molar-refractivity contribution in [1.29, 1.82) is 0 Å². The van der Waals surface area contributed by atoms with E-state index in [-0.39, 0.29) is 30.3 Å². The maximum absolute atomic E-state index is 13.4. The van der Waals surface area contributed by atoms with Crippen molar-refractivity contribution in [2.24, 2.45) is 5.92 Å². The Hall–Kier alpha value is -6.27. The first-order chi connectivity index (χ1) is 31.1. The molecule has 18 heteroatoms. The van der Waals surface area contributed by atoms with E-state index in [1.165, 1.54) is 6.20 Å². The molecule has 4 aromatic rings. The van der Waals surface area contributed by atoms with Crippen molar-refractivity contribution in [3.63, 3.8) is 0 Å². The fourth-order valence-electron chi connectivity index (χ4n) is 10.4. The van der Waals surface area contributed by atoms with Crippen LogP contribution < -0.4 is 26.0 Å². The zero-order chi connectivity index (χ0) is 43.9. The number of piperazine rings is 2. The van der Waals surface area contributed by atoms with Crippen molar-refractivity contribution in [2.45, 2.75) is 63.5 Å². The van der Waals surface area contributed by atoms with Crippen LogP contribution in [0.2, 0.25) is 0 Å². The highest BCUT2D eigenvalue weighted by Crippen LogP contribution is 2.33. The number of amides is 5. The van der Waals surface area contributed by atoms with Gasteiger partial charge in [-0.2, -0.15) is 4.98 Å². The predicted molar refractivity (Wildman–Crippen MR) is 239 cm³/mol. The fourth-order valence-corrected chi connectivity index (χ4v) is 10.4. The number of fused-ring (bicyclic) bond motifs is 2. The van der Waals surface area contributed by atoms with Gasteiger partial charge in [0.25, 0.3) is 17.4 Å². The van der Waals surface area contributed by atoms with Crippen molar-refractivity contribution in [3.05, 3.63) is 76.3 Å². The quantitative estimate of drug-likeness (QED) is 0.221. The molecule has 334 valence electrons. The zero-order valence-corrected chi connectivity index (χ0v) is 36.0. The molecule has 18 nitrogen and oxygen atoms in total. The van der Waals surface area contributed by atoms with E-state index < -0.39 is 29.7 Å². The highest BCUT2D eigenvalue weighted by Gasteiger charge is 2.45. The number of carbonyl (C=O) groups excluding carboxylic acids is 5. The summed E-state index contributed by atoms with van der Waals surface area (Å²) in [4.78, 5) is 103. The van der Waals surface area contributed by atoms with Gasteiger partial charge in [0.05, 0.1) is 30.1 Å². The van der Waals surface area contributed by atoms with Crippen LogP contribution in [0.25, 0.3) is 11.2 Å². The molecule has 0 spiro atoms. The highest BCUT2D eigenvalue weighted by atomic mass is 16.2. The van der Waals surface area contributed by atoms with E-state index in [1.807, 2.05) is 23.1 Å². The average Bonchev–Trinajstić information content (AvgIpc) is 3.93. The van der Waals surface area contributed by atoms with Gasteiger partial charge in [-0.3, -0.25) is 53.4 Å². The first kappa shape index (κ1) is 41.7. The van der Waals surface area contributed by atoms with Gasteiger partial charge < -0.3 is 20.0 Å². The van der Waals surface area contributed by atoms with Gasteiger partial charge >= 0.3 is 0 Å². The summed E-state index contributed by atoms with van der Waals surface area (Å²) in [5.74, 6) is -0.824. The van der Waals surface area contributed by atoms with Gasteiger partial charge in [0.15, 0.2) is 5.65 Å². The van der Waals surface area contributed by atoms with Crippen LogP contribution in [0.1, 0.15) is 78.1 Å². The van der Waals surface area contributed by atoms with Gasteiger partial charge in [-0.05, 0) is 80.5 Å². The molecule has 1 atom stereocenters. The van der Waals surface area contributed by atoms with Gasteiger partial charge in [-0.15, -0.1) is 0 Å². The van der Waals surface area contributed by atoms with Crippen LogP contribution in [-0.4, -0.2) is 153 Å². The average molecular weight is 871 g/mol. The summed E-state index contributed by atoms with van der Waals surface area (Å²) in [7, 11) is 0. The van der Waals surface area contributed by atoms with E-state index in [2.05, 4.69) is 52.3 Å². The van der Waals surface area contributed by atoms with Crippen LogP contribution in [0.15, 0.2) is 59.7 Å². The van der Waals surface area contributed by atoms with Crippen molar-refractivity contribution >= 4 is 63.7 Å². The van der Waals surface area contributed by atoms with Gasteiger partial charge in [0, 0.05) is 102 Å². The number of aromatic nitrogens is 4. The molecule has 2 N–H and O–H groups in total. The van der Waals surface area contributed by atoms with Crippen LogP contribution in [0.3, 0.4) is 0 Å². The molecule has 64 heavy (non-hydrogen) atoms. The molecule has 2 aromatic heterocycles. The number of piperidine rings is 2. The molecule has 0 radical (unpaired) electrons. The minimum absolute atomic E-state index is 0.0892. The molecule has 1 aliphatic carbocycles. The van der Waals surface area contributed by atoms with Crippen molar-refractivity contribution < 1.29 is 24.0 Å². The molecule has 1 unspecified atom stereocenters. The topological polar surface area (TPSA) is 190 Å². The summed E-state index contributed by atoms with van der Waals surface area (Å²) >= 11 is 0. The molecule has 6 aliphatic rings. The summed E-state index contributed by atoms with van der Waals surface area (Å²) in [5, 5.41) is 5.55. The van der Waals surface area contributed by atoms with E-state index in [0.29, 0.717) is 40.7 Å². The summed E-state index contributed by atoms with van der Waals surface area (Å²) in [6.45, 7) is 9.63. The lowest BCUT2D eigenvalue weighted by Crippen LogP contribution is -2.54. The standard InChI is InChI=1S/C46H54N12O6/c59-39-12-11-38(43(62)50-39)58-44(63)35-10-9-34(25-36(35)45(58)64)55-23-17-52(18-24-55)28-30-13-15-56(16-14-30)41(61)29-53-19-21-54(22-20-53)32-7-5-31(6-8-32)49-46-48-26-37-42(51-46)57(40(60)27-47-37)33-3-1-2-4-33/h5-10,25-27,30,33,38H,1-4,11-24,28-29H2,(H,48,49,51)(H,50,59,62). The van der Waals surface area contributed by atoms with Gasteiger partial charge in [-0.25, -0.2) is 9.97 Å². The number of nitrogens with one attached hydrogen (secondary N) is 2. The molecule has 0 bridgehead atoms. The highest BCUT2D eigenvalue weighted by molar-refractivity contribution is 6.23. The van der Waals surface area contributed by atoms with Crippen LogP contribution in [0, 0.1) is 5.92 Å². The Morgan fingerprint density at radius 3 is 2.09 bits per heavy atom. The molecule has 2 aromatic carbocycles. The SMILES string of the molecule is O=C1CCC(N2C(=O)c3ccc(N4CCN(CC5CCN(C(=O)CN6CCN(c7ccc(Nc8ncc9ncc(=O)n(C%10CCCC%10)c9n8)cc7)CC6)CC5)CC4)cc3C2=O)C(=O)N1. The molecular weight excluding hydrogens is 817 g/mol. The third-order valence-corrected chi connectivity index (χ3v) is 14.1. The summed E-state index contributed by atoms with van der Waals surface area (Å²) in [6.07, 6.45) is 9.39. The second kappa shape index (κ2) is 17.7. The normalized spacial score (nSPS) is 21.8. The molecule has 5 fully saturated rings. The minimum atomic E-state index is -0.977. The Kier molecular flexibility index (Phi) is 11.5. The van der Waals surface area contributed by atoms with E-state index in [4.69, 9.17) is 4.98 Å². The second-order valence-electron chi connectivity index (χ2n) is 18.0. The number of hydrogen-bond donors (Lipinski definition) is 2. The van der Waals surface area contributed by atoms with Crippen LogP contribution >= 0.6 is 0 Å². The Morgan fingerprint density at radius 1 is 0.703 bits per heavy atom. The van der Waals surface area contributed by atoms with E-state index in [9.17, 15) is 28.8 Å². The first-order valence-electron chi connectivity index (χ1n) is 22.8. The maximum Gasteiger partial charge on any atom is 0.270 e. The number of rotatable bonds is 10. The van der Waals surface area contributed by atoms with Crippen molar-refractivity contribution in [1.82, 2.24) is 44.4 Å². The van der Waals surface area contributed by atoms with E-state index >= 15 is 0 Å². The molecule has 5 aliphatic heterocycles. The number of likely N-dealkylation sites (tertiary alicyclic amines) is 1. The van der Waals surface area contributed by atoms with Crippen LogP contribution in [0.4, 0.5) is 23.0 Å². The largest absolute Gasteiger partial charge is 0.369 e. The third kappa shape index (κ3) is 8.43. The Bertz CT molecular complexity index is 2520. The Labute approximate surface area is 370 Å². The molecule has 7 heterocycles. The number of hydrogen-bond acceptors (Lipinski definition) is 14. The number of nitrogens with zero attached hydrogens (tertiary/aromatic N) is 10. The Morgan fingerprint density at radius 2 is 1.38 bits per heavy atom. The molecule has 5 amide bonds. The molecular formula is C46H54N12O6. The predicted octanol–water partition coefficient (Wildman–Crippen LogP) is 2.63. The summed E-state index contributed by atoms with van der Waals surface area (Å²) in [6, 6.07) is 12.7. The van der Waals surface area contributed by atoms with Gasteiger partial charge in [0.2, 0.25) is 23.7 Å². The lowest BCUT2D eigenvalue weighted by molar-refractivity contribution is -0.136. The van der Waals surface area contributed by atoms with Crippen LogP contribution in [-0.2, 0) is 14.4 Å². The van der Waals surface area contributed by atoms with Gasteiger partial charge in [0.1, 0.15) is 11.6 Å². The van der Waals surface area contributed by atoms with Gasteiger partial charge in [-0.1, -0.05) is 12.8 Å². The van der Waals surface area contributed by atoms with Crippen LogP contribution in [0.5, 0.6) is 0 Å². The third-order valence-electron chi connectivity index (χ3n) is 14.1. The molecule has 1 saturated carbocycles. The number of anilines is 4. The van der Waals surface area contributed by atoms with Crippen molar-refractivity contribution in [3.8, 4) is 0 Å². The smallest absolute Gasteiger partial charge is 0.270 e. The van der Waals surface area contributed by atoms with E-state index in [0.717, 1.165) is 132 Å².